The standard InChI is InChI=1S/C12H13BrN4O3/c1-19-10(18)6-12(4-5-12)7-17-15-11(14-16-17)8-2-3-9(13)20-8/h2-3H,4-7H2,1H3. The van der Waals surface area contributed by atoms with Crippen molar-refractivity contribution < 1.29 is 13.9 Å². The largest absolute Gasteiger partial charge is 0.469 e. The average Bonchev–Trinajstić information content (AvgIpc) is 2.84. The molecule has 1 fully saturated rings. The lowest BCUT2D eigenvalue weighted by atomic mass is 10.0. The minimum atomic E-state index is -0.196. The lowest BCUT2D eigenvalue weighted by Gasteiger charge is -2.11. The molecular weight excluding hydrogens is 328 g/mol. The molecule has 0 radical (unpaired) electrons. The van der Waals surface area contributed by atoms with Crippen LogP contribution in [0.15, 0.2) is 21.2 Å². The van der Waals surface area contributed by atoms with Gasteiger partial charge in [-0.2, -0.15) is 4.80 Å². The molecule has 0 bridgehead atoms. The van der Waals surface area contributed by atoms with Crippen molar-refractivity contribution >= 4 is 21.9 Å². The molecule has 106 valence electrons. The fourth-order valence-corrected chi connectivity index (χ4v) is 2.40. The van der Waals surface area contributed by atoms with E-state index in [0.717, 1.165) is 12.8 Å². The lowest BCUT2D eigenvalue weighted by molar-refractivity contribution is -0.142. The van der Waals surface area contributed by atoms with E-state index < -0.39 is 0 Å². The second-order valence-corrected chi connectivity index (χ2v) is 5.78. The zero-order chi connectivity index (χ0) is 14.2. The molecule has 1 aliphatic carbocycles. The Labute approximate surface area is 123 Å². The molecule has 3 rings (SSSR count). The van der Waals surface area contributed by atoms with E-state index in [9.17, 15) is 4.79 Å². The number of halogens is 1. The minimum Gasteiger partial charge on any atom is -0.469 e. The number of ether oxygens (including phenoxy) is 1. The maximum Gasteiger partial charge on any atom is 0.306 e. The summed E-state index contributed by atoms with van der Waals surface area (Å²) >= 11 is 3.23. The number of nitrogens with zero attached hydrogens (tertiary/aromatic N) is 4. The van der Waals surface area contributed by atoms with Gasteiger partial charge in [-0.3, -0.25) is 4.79 Å². The van der Waals surface area contributed by atoms with E-state index in [-0.39, 0.29) is 11.4 Å². The van der Waals surface area contributed by atoms with Crippen LogP contribution < -0.4 is 0 Å². The lowest BCUT2D eigenvalue weighted by Crippen LogP contribution is -2.18. The number of carbonyl (C=O) groups excluding carboxylic acids is 1. The van der Waals surface area contributed by atoms with Crippen molar-refractivity contribution in [3.8, 4) is 11.6 Å². The molecule has 0 saturated heterocycles. The number of furan rings is 1. The van der Waals surface area contributed by atoms with Crippen molar-refractivity contribution in [3.05, 3.63) is 16.8 Å². The Morgan fingerprint density at radius 2 is 2.35 bits per heavy atom. The highest BCUT2D eigenvalue weighted by molar-refractivity contribution is 9.10. The third-order valence-corrected chi connectivity index (χ3v) is 3.85. The Morgan fingerprint density at radius 1 is 1.55 bits per heavy atom. The summed E-state index contributed by atoms with van der Waals surface area (Å²) in [6.45, 7) is 0.566. The second-order valence-electron chi connectivity index (χ2n) is 5.00. The number of methoxy groups -OCH3 is 1. The highest BCUT2D eigenvalue weighted by atomic mass is 79.9. The van der Waals surface area contributed by atoms with E-state index in [1.807, 2.05) is 0 Å². The monoisotopic (exact) mass is 340 g/mol. The van der Waals surface area contributed by atoms with Gasteiger partial charge in [0.1, 0.15) is 0 Å². The summed E-state index contributed by atoms with van der Waals surface area (Å²) in [6, 6.07) is 3.54. The fraction of sp³-hybridized carbons (Fsp3) is 0.500. The van der Waals surface area contributed by atoms with Gasteiger partial charge in [0.05, 0.1) is 20.1 Å². The van der Waals surface area contributed by atoms with Gasteiger partial charge in [0.25, 0.3) is 0 Å². The van der Waals surface area contributed by atoms with Gasteiger partial charge in [-0.25, -0.2) is 0 Å². The molecule has 0 amide bonds. The van der Waals surface area contributed by atoms with E-state index in [2.05, 4.69) is 31.3 Å². The van der Waals surface area contributed by atoms with Crippen molar-refractivity contribution in [2.75, 3.05) is 7.11 Å². The van der Waals surface area contributed by atoms with Crippen molar-refractivity contribution in [3.63, 3.8) is 0 Å². The SMILES string of the molecule is COC(=O)CC1(Cn2nnc(-c3ccc(Br)o3)n2)CC1. The molecule has 7 nitrogen and oxygen atoms in total. The molecule has 20 heavy (non-hydrogen) atoms. The fourth-order valence-electron chi connectivity index (χ4n) is 2.09. The highest BCUT2D eigenvalue weighted by Crippen LogP contribution is 2.50. The summed E-state index contributed by atoms with van der Waals surface area (Å²) in [5.74, 6) is 0.795. The van der Waals surface area contributed by atoms with Gasteiger partial charge >= 0.3 is 5.97 Å². The Kier molecular flexibility index (Phi) is 3.33. The molecule has 0 unspecified atom stereocenters. The Balaban J connectivity index is 1.70. The number of hydrogen-bond donors (Lipinski definition) is 0. The van der Waals surface area contributed by atoms with E-state index in [1.54, 1.807) is 12.1 Å². The van der Waals surface area contributed by atoms with E-state index >= 15 is 0 Å². The number of carbonyl (C=O) groups is 1. The Morgan fingerprint density at radius 3 is 2.95 bits per heavy atom. The molecule has 0 spiro atoms. The average molecular weight is 341 g/mol. The smallest absolute Gasteiger partial charge is 0.306 e. The zero-order valence-electron chi connectivity index (χ0n) is 10.9. The third kappa shape index (κ3) is 2.74. The van der Waals surface area contributed by atoms with E-state index in [1.165, 1.54) is 11.9 Å². The molecular formula is C12H13BrN4O3. The summed E-state index contributed by atoms with van der Waals surface area (Å²) in [6.07, 6.45) is 2.35. The molecule has 2 heterocycles. The Bertz CT molecular complexity index is 632. The predicted molar refractivity (Wildman–Crippen MR) is 71.5 cm³/mol. The molecule has 1 saturated carbocycles. The van der Waals surface area contributed by atoms with E-state index in [0.29, 0.717) is 29.2 Å². The van der Waals surface area contributed by atoms with Gasteiger partial charge in [0, 0.05) is 5.41 Å². The summed E-state index contributed by atoms with van der Waals surface area (Å²) in [7, 11) is 1.40. The molecule has 0 aliphatic heterocycles. The summed E-state index contributed by atoms with van der Waals surface area (Å²) in [5, 5.41) is 12.3. The molecule has 2 aromatic rings. The summed E-state index contributed by atoms with van der Waals surface area (Å²) < 4.78 is 10.7. The summed E-state index contributed by atoms with van der Waals surface area (Å²) in [5.41, 5.74) is -0.0746. The molecule has 8 heteroatoms. The van der Waals surface area contributed by atoms with Crippen LogP contribution in [0.4, 0.5) is 0 Å². The van der Waals surface area contributed by atoms with Gasteiger partial charge in [0.15, 0.2) is 10.4 Å². The topological polar surface area (TPSA) is 83.0 Å². The normalized spacial score (nSPS) is 16.1. The van der Waals surface area contributed by atoms with Crippen LogP contribution >= 0.6 is 15.9 Å². The second kappa shape index (κ2) is 5.01. The third-order valence-electron chi connectivity index (χ3n) is 3.43. The molecule has 0 aromatic carbocycles. The first kappa shape index (κ1) is 13.3. The number of rotatable bonds is 5. The molecule has 0 atom stereocenters. The van der Waals surface area contributed by atoms with Crippen LogP contribution in [0.25, 0.3) is 11.6 Å². The van der Waals surface area contributed by atoms with Crippen molar-refractivity contribution in [1.82, 2.24) is 20.2 Å². The molecule has 1 aliphatic rings. The van der Waals surface area contributed by atoms with Crippen LogP contribution in [0.3, 0.4) is 0 Å². The number of aromatic nitrogens is 4. The quantitative estimate of drug-likeness (QED) is 0.774. The van der Waals surface area contributed by atoms with Gasteiger partial charge in [-0.1, -0.05) is 0 Å². The van der Waals surface area contributed by atoms with Crippen molar-refractivity contribution in [1.29, 1.82) is 0 Å². The van der Waals surface area contributed by atoms with Crippen LogP contribution in [-0.2, 0) is 16.1 Å². The van der Waals surface area contributed by atoms with Crippen LogP contribution in [0.1, 0.15) is 19.3 Å². The minimum absolute atomic E-state index is 0.0746. The summed E-state index contributed by atoms with van der Waals surface area (Å²) in [4.78, 5) is 12.9. The number of tetrazole rings is 1. The van der Waals surface area contributed by atoms with Gasteiger partial charge in [-0.05, 0) is 46.1 Å². The van der Waals surface area contributed by atoms with Crippen molar-refractivity contribution in [2.24, 2.45) is 5.41 Å². The van der Waals surface area contributed by atoms with Crippen LogP contribution in [0, 0.1) is 5.41 Å². The maximum absolute atomic E-state index is 11.4. The first-order valence-electron chi connectivity index (χ1n) is 6.21. The first-order chi connectivity index (χ1) is 9.60. The van der Waals surface area contributed by atoms with Gasteiger partial charge in [-0.15, -0.1) is 10.2 Å². The van der Waals surface area contributed by atoms with Crippen molar-refractivity contribution in [2.45, 2.75) is 25.8 Å². The Hall–Kier alpha value is -1.70. The van der Waals surface area contributed by atoms with Crippen LogP contribution in [0.2, 0.25) is 0 Å². The van der Waals surface area contributed by atoms with Gasteiger partial charge < -0.3 is 9.15 Å². The molecule has 0 N–H and O–H groups in total. The first-order valence-corrected chi connectivity index (χ1v) is 7.00. The van der Waals surface area contributed by atoms with E-state index in [4.69, 9.17) is 9.15 Å². The maximum atomic E-state index is 11.4. The number of hydrogen-bond acceptors (Lipinski definition) is 6. The number of esters is 1. The van der Waals surface area contributed by atoms with Gasteiger partial charge in [0.2, 0.25) is 5.82 Å². The van der Waals surface area contributed by atoms with Crippen LogP contribution in [-0.4, -0.2) is 33.3 Å². The van der Waals surface area contributed by atoms with Crippen LogP contribution in [0.5, 0.6) is 0 Å². The zero-order valence-corrected chi connectivity index (χ0v) is 12.5. The molecule has 2 aromatic heterocycles. The predicted octanol–water partition coefficient (Wildman–Crippen LogP) is 2.04. The highest BCUT2D eigenvalue weighted by Gasteiger charge is 2.45.